The number of nitrogens with one attached hydrogen (secondary N) is 1. The molecule has 0 aliphatic heterocycles. The second-order valence-corrected chi connectivity index (χ2v) is 5.80. The lowest BCUT2D eigenvalue weighted by Crippen LogP contribution is -2.28. The van der Waals surface area contributed by atoms with E-state index in [2.05, 4.69) is 24.4 Å². The summed E-state index contributed by atoms with van der Waals surface area (Å²) in [4.78, 5) is 21.5. The summed E-state index contributed by atoms with van der Waals surface area (Å²) in [5.74, 6) is -1.15. The number of aliphatic carboxylic acids is 1. The predicted molar refractivity (Wildman–Crippen MR) is 90.9 cm³/mol. The van der Waals surface area contributed by atoms with Gasteiger partial charge in [0.25, 0.3) is 0 Å². The summed E-state index contributed by atoms with van der Waals surface area (Å²) in [6, 6.07) is 0. The Bertz CT molecular complexity index is 313. The van der Waals surface area contributed by atoms with E-state index in [4.69, 9.17) is 5.11 Å². The minimum Gasteiger partial charge on any atom is -0.480 e. The van der Waals surface area contributed by atoms with Crippen molar-refractivity contribution in [1.82, 2.24) is 5.32 Å². The van der Waals surface area contributed by atoms with Gasteiger partial charge in [0, 0.05) is 6.42 Å². The van der Waals surface area contributed by atoms with Crippen molar-refractivity contribution in [1.29, 1.82) is 0 Å². The summed E-state index contributed by atoms with van der Waals surface area (Å²) in [7, 11) is 0. The number of carboxylic acid groups (broad SMARTS) is 1. The monoisotopic (exact) mass is 311 g/mol. The van der Waals surface area contributed by atoms with E-state index in [0.717, 1.165) is 12.8 Å². The third-order valence-corrected chi connectivity index (χ3v) is 3.60. The molecule has 22 heavy (non-hydrogen) atoms. The van der Waals surface area contributed by atoms with E-state index in [1.165, 1.54) is 57.8 Å². The van der Waals surface area contributed by atoms with Gasteiger partial charge in [0.2, 0.25) is 5.91 Å². The molecule has 1 amide bonds. The van der Waals surface area contributed by atoms with E-state index >= 15 is 0 Å². The molecule has 0 atom stereocenters. The highest BCUT2D eigenvalue weighted by Gasteiger charge is 2.02. The van der Waals surface area contributed by atoms with Gasteiger partial charge in [-0.1, -0.05) is 64.0 Å². The van der Waals surface area contributed by atoms with Crippen LogP contribution >= 0.6 is 0 Å². The van der Waals surface area contributed by atoms with E-state index < -0.39 is 5.97 Å². The van der Waals surface area contributed by atoms with Crippen LogP contribution in [0.3, 0.4) is 0 Å². The molecule has 0 aliphatic rings. The average molecular weight is 311 g/mol. The summed E-state index contributed by atoms with van der Waals surface area (Å²) < 4.78 is 0. The van der Waals surface area contributed by atoms with Crippen LogP contribution < -0.4 is 5.32 Å². The van der Waals surface area contributed by atoms with Gasteiger partial charge in [-0.15, -0.1) is 0 Å². The van der Waals surface area contributed by atoms with Crippen LogP contribution in [0.15, 0.2) is 12.2 Å². The first-order valence-electron chi connectivity index (χ1n) is 8.80. The third kappa shape index (κ3) is 16.7. The van der Waals surface area contributed by atoms with Gasteiger partial charge in [-0.25, -0.2) is 0 Å². The Morgan fingerprint density at radius 2 is 1.41 bits per heavy atom. The van der Waals surface area contributed by atoms with E-state index in [1.807, 2.05) is 0 Å². The summed E-state index contributed by atoms with van der Waals surface area (Å²) >= 11 is 0. The van der Waals surface area contributed by atoms with Crippen molar-refractivity contribution in [2.45, 2.75) is 84.0 Å². The molecular weight excluding hydrogens is 278 g/mol. The summed E-state index contributed by atoms with van der Waals surface area (Å²) in [6.45, 7) is 1.95. The molecule has 0 radical (unpaired) electrons. The molecule has 0 saturated carbocycles. The molecule has 4 nitrogen and oxygen atoms in total. The second kappa shape index (κ2) is 16.1. The van der Waals surface area contributed by atoms with Gasteiger partial charge in [-0.05, 0) is 25.7 Å². The molecule has 0 saturated heterocycles. The Morgan fingerprint density at radius 1 is 0.864 bits per heavy atom. The summed E-state index contributed by atoms with van der Waals surface area (Å²) in [5, 5.41) is 10.8. The molecule has 0 bridgehead atoms. The fourth-order valence-corrected chi connectivity index (χ4v) is 2.25. The number of hydrogen-bond donors (Lipinski definition) is 2. The highest BCUT2D eigenvalue weighted by atomic mass is 16.4. The lowest BCUT2D eigenvalue weighted by atomic mass is 10.1. The lowest BCUT2D eigenvalue weighted by molar-refractivity contribution is -0.137. The molecule has 128 valence electrons. The first-order valence-corrected chi connectivity index (χ1v) is 8.80. The summed E-state index contributed by atoms with van der Waals surface area (Å²) in [6.07, 6.45) is 18.2. The van der Waals surface area contributed by atoms with E-state index in [1.54, 1.807) is 0 Å². The molecule has 0 aromatic heterocycles. The van der Waals surface area contributed by atoms with Crippen LogP contribution in [0.25, 0.3) is 0 Å². The SMILES string of the molecule is CCCC/C=C\CCCCCCCCCC(=O)NCC(=O)O. The van der Waals surface area contributed by atoms with E-state index in [0.29, 0.717) is 6.42 Å². The molecule has 0 aromatic rings. The van der Waals surface area contributed by atoms with Crippen LogP contribution in [0, 0.1) is 0 Å². The first-order chi connectivity index (χ1) is 10.7. The van der Waals surface area contributed by atoms with E-state index in [9.17, 15) is 9.59 Å². The lowest BCUT2D eigenvalue weighted by Gasteiger charge is -2.03. The number of allylic oxidation sites excluding steroid dienone is 2. The summed E-state index contributed by atoms with van der Waals surface area (Å²) in [5.41, 5.74) is 0. The quantitative estimate of drug-likeness (QED) is 0.347. The van der Waals surface area contributed by atoms with Crippen molar-refractivity contribution in [2.24, 2.45) is 0 Å². The van der Waals surface area contributed by atoms with Gasteiger partial charge in [0.15, 0.2) is 0 Å². The van der Waals surface area contributed by atoms with Crippen LogP contribution in [0.1, 0.15) is 84.0 Å². The predicted octanol–water partition coefficient (Wildman–Crippen LogP) is 4.44. The first kappa shape index (κ1) is 20.7. The van der Waals surface area contributed by atoms with Crippen molar-refractivity contribution < 1.29 is 14.7 Å². The van der Waals surface area contributed by atoms with Crippen molar-refractivity contribution in [2.75, 3.05) is 6.54 Å². The Labute approximate surface area is 135 Å². The fraction of sp³-hybridized carbons (Fsp3) is 0.778. The van der Waals surface area contributed by atoms with Gasteiger partial charge < -0.3 is 10.4 Å². The van der Waals surface area contributed by atoms with Crippen LogP contribution in [0.4, 0.5) is 0 Å². The van der Waals surface area contributed by atoms with Crippen molar-refractivity contribution in [3.8, 4) is 0 Å². The van der Waals surface area contributed by atoms with Gasteiger partial charge >= 0.3 is 5.97 Å². The van der Waals surface area contributed by atoms with Crippen molar-refractivity contribution in [3.63, 3.8) is 0 Å². The van der Waals surface area contributed by atoms with Crippen LogP contribution in [-0.4, -0.2) is 23.5 Å². The maximum Gasteiger partial charge on any atom is 0.322 e. The molecule has 2 N–H and O–H groups in total. The number of carbonyl (C=O) groups is 2. The number of rotatable bonds is 15. The standard InChI is InChI=1S/C18H33NO3/c1-2-3-4-5-6-7-8-9-10-11-12-13-14-15-17(20)19-16-18(21)22/h5-6H,2-4,7-16H2,1H3,(H,19,20)(H,21,22)/b6-5-. The number of carbonyl (C=O) groups excluding carboxylic acids is 1. The number of unbranched alkanes of at least 4 members (excludes halogenated alkanes) is 9. The molecule has 0 spiro atoms. The normalized spacial score (nSPS) is 11.0. The maximum atomic E-state index is 11.3. The van der Waals surface area contributed by atoms with Gasteiger partial charge in [0.05, 0.1) is 0 Å². The molecule has 0 rings (SSSR count). The Kier molecular flexibility index (Phi) is 15.1. The van der Waals surface area contributed by atoms with Crippen LogP contribution in [0.5, 0.6) is 0 Å². The maximum absolute atomic E-state index is 11.3. The third-order valence-electron chi connectivity index (χ3n) is 3.60. The molecule has 0 heterocycles. The van der Waals surface area contributed by atoms with Gasteiger partial charge in [-0.2, -0.15) is 0 Å². The zero-order valence-electron chi connectivity index (χ0n) is 14.1. The van der Waals surface area contributed by atoms with Crippen LogP contribution in [0.2, 0.25) is 0 Å². The minimum absolute atomic E-state index is 0.155. The Morgan fingerprint density at radius 3 is 2.00 bits per heavy atom. The number of amides is 1. The van der Waals surface area contributed by atoms with Crippen molar-refractivity contribution in [3.05, 3.63) is 12.2 Å². The van der Waals surface area contributed by atoms with E-state index in [-0.39, 0.29) is 12.5 Å². The molecular formula is C18H33NO3. The topological polar surface area (TPSA) is 66.4 Å². The zero-order chi connectivity index (χ0) is 16.5. The fourth-order valence-electron chi connectivity index (χ4n) is 2.25. The molecule has 0 fully saturated rings. The van der Waals surface area contributed by atoms with Crippen LogP contribution in [-0.2, 0) is 9.59 Å². The molecule has 4 heteroatoms. The Hall–Kier alpha value is -1.32. The minimum atomic E-state index is -0.992. The average Bonchev–Trinajstić information content (AvgIpc) is 2.49. The van der Waals surface area contributed by atoms with Crippen molar-refractivity contribution >= 4 is 11.9 Å². The highest BCUT2D eigenvalue weighted by molar-refractivity contribution is 5.80. The largest absolute Gasteiger partial charge is 0.480 e. The molecule has 0 aromatic carbocycles. The number of carboxylic acids is 1. The van der Waals surface area contributed by atoms with Gasteiger partial charge in [-0.3, -0.25) is 9.59 Å². The molecule has 0 unspecified atom stereocenters. The Balaban J connectivity index is 3.18. The highest BCUT2D eigenvalue weighted by Crippen LogP contribution is 2.10. The zero-order valence-corrected chi connectivity index (χ0v) is 14.1. The number of hydrogen-bond acceptors (Lipinski definition) is 2. The second-order valence-electron chi connectivity index (χ2n) is 5.80. The smallest absolute Gasteiger partial charge is 0.322 e. The van der Waals surface area contributed by atoms with Gasteiger partial charge in [0.1, 0.15) is 6.54 Å². The molecule has 0 aliphatic carbocycles.